The summed E-state index contributed by atoms with van der Waals surface area (Å²) in [5.74, 6) is 1.34. The molecule has 0 unspecified atom stereocenters. The van der Waals surface area contributed by atoms with E-state index in [0.29, 0.717) is 39.3 Å². The minimum atomic E-state index is -0.570. The molecule has 0 spiro atoms. The van der Waals surface area contributed by atoms with E-state index in [1.807, 2.05) is 30.3 Å². The highest BCUT2D eigenvalue weighted by Crippen LogP contribution is 2.28. The van der Waals surface area contributed by atoms with E-state index in [-0.39, 0.29) is 10.7 Å². The Balaban J connectivity index is 1.37. The molecule has 1 heterocycles. The minimum Gasteiger partial charge on any atom is -0.457 e. The Kier molecular flexibility index (Phi) is 6.98. The smallest absolute Gasteiger partial charge is 0.270 e. The fraction of sp³-hybridized carbons (Fsp3) is 0. The summed E-state index contributed by atoms with van der Waals surface area (Å²) in [4.78, 5) is 27.3. The zero-order chi connectivity index (χ0) is 25.8. The van der Waals surface area contributed by atoms with E-state index in [1.165, 1.54) is 11.0 Å². The molecule has 37 heavy (non-hydrogen) atoms. The SMILES string of the molecule is O=C1NC(=S)N(c2ccc(Oc3ccccc3)cc2)C(=O)/C1=C/c1cccc(Oc2ccc(Cl)cc2)c1. The maximum Gasteiger partial charge on any atom is 0.270 e. The number of amides is 2. The minimum absolute atomic E-state index is 0.00343. The Hall–Kier alpha value is -4.46. The van der Waals surface area contributed by atoms with Gasteiger partial charge in [0.15, 0.2) is 5.11 Å². The molecule has 0 bridgehead atoms. The van der Waals surface area contributed by atoms with Crippen molar-refractivity contribution in [1.29, 1.82) is 0 Å². The van der Waals surface area contributed by atoms with Gasteiger partial charge in [-0.15, -0.1) is 0 Å². The van der Waals surface area contributed by atoms with E-state index in [9.17, 15) is 9.59 Å². The first kappa shape index (κ1) is 24.2. The fourth-order valence-corrected chi connectivity index (χ4v) is 4.06. The third-order valence-electron chi connectivity index (χ3n) is 5.39. The zero-order valence-electron chi connectivity index (χ0n) is 19.3. The largest absolute Gasteiger partial charge is 0.457 e. The maximum atomic E-state index is 13.4. The number of nitrogens with one attached hydrogen (secondary N) is 1. The monoisotopic (exact) mass is 526 g/mol. The lowest BCUT2D eigenvalue weighted by molar-refractivity contribution is -0.122. The lowest BCUT2D eigenvalue weighted by Gasteiger charge is -2.29. The van der Waals surface area contributed by atoms with Gasteiger partial charge in [0, 0.05) is 5.02 Å². The number of rotatable bonds is 6. The third-order valence-corrected chi connectivity index (χ3v) is 5.93. The molecule has 0 radical (unpaired) electrons. The summed E-state index contributed by atoms with van der Waals surface area (Å²) in [5.41, 5.74) is 1.06. The predicted molar refractivity (Wildman–Crippen MR) is 147 cm³/mol. The Bertz CT molecular complexity index is 1500. The van der Waals surface area contributed by atoms with Crippen molar-refractivity contribution >= 4 is 52.5 Å². The molecule has 4 aromatic rings. The second kappa shape index (κ2) is 10.7. The van der Waals surface area contributed by atoms with Gasteiger partial charge in [0.1, 0.15) is 28.6 Å². The number of hydrogen-bond acceptors (Lipinski definition) is 5. The summed E-state index contributed by atoms with van der Waals surface area (Å²) >= 11 is 11.2. The summed E-state index contributed by atoms with van der Waals surface area (Å²) in [5, 5.41) is 3.21. The molecule has 8 heteroatoms. The summed E-state index contributed by atoms with van der Waals surface area (Å²) in [7, 11) is 0. The highest BCUT2D eigenvalue weighted by molar-refractivity contribution is 7.80. The maximum absolute atomic E-state index is 13.4. The summed E-state index contributed by atoms with van der Waals surface area (Å²) < 4.78 is 11.7. The number of para-hydroxylation sites is 1. The van der Waals surface area contributed by atoms with E-state index < -0.39 is 11.8 Å². The zero-order valence-corrected chi connectivity index (χ0v) is 20.8. The van der Waals surface area contributed by atoms with Gasteiger partial charge in [-0.05, 0) is 96.7 Å². The topological polar surface area (TPSA) is 67.9 Å². The van der Waals surface area contributed by atoms with Crippen LogP contribution in [0.2, 0.25) is 5.02 Å². The quantitative estimate of drug-likeness (QED) is 0.171. The molecule has 182 valence electrons. The molecule has 0 aromatic heterocycles. The summed E-state index contributed by atoms with van der Waals surface area (Å²) in [6.45, 7) is 0. The molecule has 0 atom stereocenters. The van der Waals surface area contributed by atoms with Gasteiger partial charge < -0.3 is 9.47 Å². The van der Waals surface area contributed by atoms with Crippen molar-refractivity contribution in [2.24, 2.45) is 0 Å². The van der Waals surface area contributed by atoms with Crippen LogP contribution >= 0.6 is 23.8 Å². The highest BCUT2D eigenvalue weighted by atomic mass is 35.5. The summed E-state index contributed by atoms with van der Waals surface area (Å²) in [6.07, 6.45) is 1.51. The molecule has 1 aliphatic heterocycles. The number of nitrogens with zero attached hydrogens (tertiary/aromatic N) is 1. The standard InChI is InChI=1S/C29H19ClN2O4S/c30-20-9-13-23(14-10-20)36-25-8-4-5-19(17-25)18-26-27(33)31-29(37)32(28(26)34)21-11-15-24(16-12-21)35-22-6-2-1-3-7-22/h1-18H,(H,31,33,37)/b26-18+. The fourth-order valence-electron chi connectivity index (χ4n) is 3.65. The van der Waals surface area contributed by atoms with Crippen LogP contribution in [-0.2, 0) is 9.59 Å². The number of hydrogen-bond donors (Lipinski definition) is 1. The molecule has 5 rings (SSSR count). The first-order valence-corrected chi connectivity index (χ1v) is 12.0. The molecular weight excluding hydrogens is 508 g/mol. The summed E-state index contributed by atoms with van der Waals surface area (Å²) in [6, 6.07) is 30.2. The second-order valence-corrected chi connectivity index (χ2v) is 8.82. The van der Waals surface area contributed by atoms with Gasteiger partial charge in [-0.1, -0.05) is 41.9 Å². The van der Waals surface area contributed by atoms with Crippen molar-refractivity contribution in [3.05, 3.63) is 119 Å². The van der Waals surface area contributed by atoms with E-state index >= 15 is 0 Å². The molecule has 2 amide bonds. The molecule has 0 aliphatic carbocycles. The number of ether oxygens (including phenoxy) is 2. The van der Waals surface area contributed by atoms with Crippen molar-refractivity contribution in [3.8, 4) is 23.0 Å². The van der Waals surface area contributed by atoms with Crippen LogP contribution < -0.4 is 19.7 Å². The van der Waals surface area contributed by atoms with Crippen LogP contribution in [0, 0.1) is 0 Å². The van der Waals surface area contributed by atoms with Gasteiger partial charge in [0.05, 0.1) is 5.69 Å². The first-order chi connectivity index (χ1) is 18.0. The van der Waals surface area contributed by atoms with Gasteiger partial charge in [-0.2, -0.15) is 0 Å². The number of anilines is 1. The number of carbonyl (C=O) groups is 2. The lowest BCUT2D eigenvalue weighted by Crippen LogP contribution is -2.54. The van der Waals surface area contributed by atoms with Gasteiger partial charge >= 0.3 is 0 Å². The van der Waals surface area contributed by atoms with Crippen LogP contribution in [0.5, 0.6) is 23.0 Å². The van der Waals surface area contributed by atoms with Crippen molar-refractivity contribution in [2.45, 2.75) is 0 Å². The number of benzene rings is 4. The predicted octanol–water partition coefficient (Wildman–Crippen LogP) is 6.76. The number of halogens is 1. The van der Waals surface area contributed by atoms with Crippen molar-refractivity contribution < 1.29 is 19.1 Å². The molecule has 4 aromatic carbocycles. The van der Waals surface area contributed by atoms with Crippen LogP contribution in [0.25, 0.3) is 6.08 Å². The van der Waals surface area contributed by atoms with Crippen LogP contribution in [0.4, 0.5) is 5.69 Å². The average Bonchev–Trinajstić information content (AvgIpc) is 2.90. The molecule has 1 aliphatic rings. The molecule has 1 fully saturated rings. The second-order valence-electron chi connectivity index (χ2n) is 8.00. The average molecular weight is 527 g/mol. The van der Waals surface area contributed by atoms with Crippen molar-refractivity contribution in [1.82, 2.24) is 5.32 Å². The van der Waals surface area contributed by atoms with Crippen LogP contribution in [0.1, 0.15) is 5.56 Å². The van der Waals surface area contributed by atoms with Crippen LogP contribution in [0.3, 0.4) is 0 Å². The van der Waals surface area contributed by atoms with Gasteiger partial charge in [-0.25, -0.2) is 0 Å². The van der Waals surface area contributed by atoms with Crippen molar-refractivity contribution in [2.75, 3.05) is 4.90 Å². The van der Waals surface area contributed by atoms with Gasteiger partial charge in [-0.3, -0.25) is 19.8 Å². The molecule has 1 saturated heterocycles. The van der Waals surface area contributed by atoms with E-state index in [4.69, 9.17) is 33.3 Å². The number of carbonyl (C=O) groups excluding carboxylic acids is 2. The van der Waals surface area contributed by atoms with E-state index in [2.05, 4.69) is 5.32 Å². The molecular formula is C29H19ClN2O4S. The van der Waals surface area contributed by atoms with Crippen LogP contribution in [0.15, 0.2) is 109 Å². The Morgan fingerprint density at radius 3 is 2.03 bits per heavy atom. The third kappa shape index (κ3) is 5.69. The Labute approximate surface area is 223 Å². The molecule has 6 nitrogen and oxygen atoms in total. The van der Waals surface area contributed by atoms with Crippen molar-refractivity contribution in [3.63, 3.8) is 0 Å². The van der Waals surface area contributed by atoms with Gasteiger partial charge in [0.25, 0.3) is 11.8 Å². The molecule has 1 N–H and O–H groups in total. The van der Waals surface area contributed by atoms with Gasteiger partial charge in [0.2, 0.25) is 0 Å². The van der Waals surface area contributed by atoms with E-state index in [0.717, 1.165) is 0 Å². The highest BCUT2D eigenvalue weighted by Gasteiger charge is 2.34. The normalized spacial score (nSPS) is 14.5. The Morgan fingerprint density at radius 2 is 1.32 bits per heavy atom. The lowest BCUT2D eigenvalue weighted by atomic mass is 10.1. The number of thiocarbonyl (C=S) groups is 1. The first-order valence-electron chi connectivity index (χ1n) is 11.2. The molecule has 0 saturated carbocycles. The Morgan fingerprint density at radius 1 is 0.730 bits per heavy atom. The van der Waals surface area contributed by atoms with E-state index in [1.54, 1.807) is 72.8 Å². The van der Waals surface area contributed by atoms with Crippen LogP contribution in [-0.4, -0.2) is 16.9 Å².